The van der Waals surface area contributed by atoms with Crippen molar-refractivity contribution in [2.45, 2.75) is 44.4 Å². The number of carbonyl (C=O) groups excluding carboxylic acids is 3. The number of aromatic amines is 1. The van der Waals surface area contributed by atoms with E-state index in [4.69, 9.17) is 9.47 Å². The number of benzene rings is 3. The molecule has 4 N–H and O–H groups in total. The zero-order chi connectivity index (χ0) is 33.5. The molecule has 246 valence electrons. The van der Waals surface area contributed by atoms with Crippen molar-refractivity contribution in [3.63, 3.8) is 0 Å². The highest BCUT2D eigenvalue weighted by molar-refractivity contribution is 6.10. The number of ether oxygens (including phenoxy) is 2. The first-order valence-corrected chi connectivity index (χ1v) is 15.5. The number of amides is 2. The molecule has 14 nitrogen and oxygen atoms in total. The number of hydrogen-bond donors (Lipinski definition) is 4. The summed E-state index contributed by atoms with van der Waals surface area (Å²) >= 11 is 0. The van der Waals surface area contributed by atoms with Gasteiger partial charge in [-0.15, -0.1) is 0 Å². The Morgan fingerprint density at radius 2 is 1.92 bits per heavy atom. The predicted molar refractivity (Wildman–Crippen MR) is 176 cm³/mol. The second-order valence-electron chi connectivity index (χ2n) is 11.3. The first-order chi connectivity index (χ1) is 23.4. The number of alkyl carbamates (subject to hydrolysis) is 1. The Morgan fingerprint density at radius 3 is 2.73 bits per heavy atom. The SMILES string of the molecule is O=Cc1c(NC(=O)[C@H](CCC(=O)O)NC(=O)OCc2ccccc2)ccc2cccc(OC[C@H]3CCCN3c3ncnc4[nH]cnc34)c12. The third-order valence-corrected chi connectivity index (χ3v) is 8.17. The van der Waals surface area contributed by atoms with E-state index in [1.54, 1.807) is 48.8 Å². The van der Waals surface area contributed by atoms with Crippen LogP contribution in [-0.2, 0) is 20.9 Å². The number of aldehydes is 1. The topological polar surface area (TPSA) is 189 Å². The fourth-order valence-electron chi connectivity index (χ4n) is 5.82. The van der Waals surface area contributed by atoms with Crippen molar-refractivity contribution in [1.29, 1.82) is 0 Å². The lowest BCUT2D eigenvalue weighted by Gasteiger charge is -2.26. The molecule has 1 aliphatic heterocycles. The maximum atomic E-state index is 13.4. The van der Waals surface area contributed by atoms with E-state index in [0.717, 1.165) is 36.2 Å². The van der Waals surface area contributed by atoms with Gasteiger partial charge in [0.25, 0.3) is 0 Å². The molecule has 0 aliphatic carbocycles. The van der Waals surface area contributed by atoms with Crippen LogP contribution in [0.5, 0.6) is 5.75 Å². The van der Waals surface area contributed by atoms with Crippen LogP contribution >= 0.6 is 0 Å². The fraction of sp³-hybridized carbons (Fsp3) is 0.265. The molecule has 1 fully saturated rings. The van der Waals surface area contributed by atoms with Crippen LogP contribution in [0.3, 0.4) is 0 Å². The fourth-order valence-corrected chi connectivity index (χ4v) is 5.82. The third-order valence-electron chi connectivity index (χ3n) is 8.17. The quantitative estimate of drug-likeness (QED) is 0.132. The number of carbonyl (C=O) groups is 4. The van der Waals surface area contributed by atoms with Crippen LogP contribution in [0.25, 0.3) is 21.9 Å². The minimum absolute atomic E-state index is 0.0136. The normalized spacial score (nSPS) is 14.8. The Bertz CT molecular complexity index is 1950. The Labute approximate surface area is 274 Å². The summed E-state index contributed by atoms with van der Waals surface area (Å²) in [5, 5.41) is 15.6. The molecule has 14 heteroatoms. The summed E-state index contributed by atoms with van der Waals surface area (Å²) in [6.45, 7) is 1.04. The van der Waals surface area contributed by atoms with E-state index in [-0.39, 0.29) is 36.7 Å². The van der Waals surface area contributed by atoms with Crippen molar-refractivity contribution in [2.24, 2.45) is 0 Å². The molecule has 48 heavy (non-hydrogen) atoms. The number of imidazole rings is 1. The summed E-state index contributed by atoms with van der Waals surface area (Å²) in [6, 6.07) is 16.5. The molecule has 2 amide bonds. The maximum absolute atomic E-state index is 13.4. The minimum atomic E-state index is -1.25. The smallest absolute Gasteiger partial charge is 0.408 e. The second-order valence-corrected chi connectivity index (χ2v) is 11.3. The van der Waals surface area contributed by atoms with Crippen LogP contribution in [0.1, 0.15) is 41.6 Å². The van der Waals surface area contributed by atoms with Crippen LogP contribution in [0.2, 0.25) is 0 Å². The number of anilines is 2. The number of rotatable bonds is 13. The third kappa shape index (κ3) is 7.17. The van der Waals surface area contributed by atoms with Gasteiger partial charge >= 0.3 is 12.1 Å². The van der Waals surface area contributed by atoms with Crippen molar-refractivity contribution in [1.82, 2.24) is 25.3 Å². The molecule has 2 atom stereocenters. The van der Waals surface area contributed by atoms with E-state index < -0.39 is 24.0 Å². The molecule has 0 spiro atoms. The summed E-state index contributed by atoms with van der Waals surface area (Å²) in [5.41, 5.74) is 2.43. The van der Waals surface area contributed by atoms with Gasteiger partial charge in [-0.2, -0.15) is 0 Å². The molecule has 3 aromatic carbocycles. The van der Waals surface area contributed by atoms with E-state index in [9.17, 15) is 24.3 Å². The van der Waals surface area contributed by atoms with Crippen LogP contribution in [-0.4, -0.2) is 74.5 Å². The van der Waals surface area contributed by atoms with E-state index in [2.05, 4.69) is 35.5 Å². The molecule has 1 saturated heterocycles. The molecule has 6 rings (SSSR count). The number of H-pyrrole nitrogens is 1. The lowest BCUT2D eigenvalue weighted by molar-refractivity contribution is -0.137. The number of fused-ring (bicyclic) bond motifs is 2. The highest BCUT2D eigenvalue weighted by Crippen LogP contribution is 2.34. The lowest BCUT2D eigenvalue weighted by atomic mass is 10.0. The first kappa shape index (κ1) is 31.9. The van der Waals surface area contributed by atoms with Crippen molar-refractivity contribution in [2.75, 3.05) is 23.4 Å². The van der Waals surface area contributed by atoms with Gasteiger partial charge in [0.2, 0.25) is 5.91 Å². The Hall–Kier alpha value is -6.05. The van der Waals surface area contributed by atoms with Gasteiger partial charge in [0.15, 0.2) is 17.8 Å². The van der Waals surface area contributed by atoms with Crippen molar-refractivity contribution >= 4 is 57.7 Å². The molecule has 0 bridgehead atoms. The molecule has 5 aromatic rings. The second kappa shape index (κ2) is 14.6. The number of nitrogens with one attached hydrogen (secondary N) is 3. The van der Waals surface area contributed by atoms with Crippen molar-refractivity contribution < 1.29 is 33.8 Å². The Morgan fingerprint density at radius 1 is 1.06 bits per heavy atom. The predicted octanol–water partition coefficient (Wildman–Crippen LogP) is 4.46. The minimum Gasteiger partial charge on any atom is -0.491 e. The van der Waals surface area contributed by atoms with Gasteiger partial charge in [-0.25, -0.2) is 19.7 Å². The molecule has 0 radical (unpaired) electrons. The average molecular weight is 652 g/mol. The highest BCUT2D eigenvalue weighted by atomic mass is 16.5. The molecule has 3 heterocycles. The van der Waals surface area contributed by atoms with Gasteiger partial charge < -0.3 is 35.1 Å². The molecule has 0 unspecified atom stereocenters. The lowest BCUT2D eigenvalue weighted by Crippen LogP contribution is -2.44. The van der Waals surface area contributed by atoms with Gasteiger partial charge in [0.1, 0.15) is 36.8 Å². The first-order valence-electron chi connectivity index (χ1n) is 15.5. The number of carboxylic acid groups (broad SMARTS) is 1. The van der Waals surface area contributed by atoms with Gasteiger partial charge in [0.05, 0.1) is 18.1 Å². The van der Waals surface area contributed by atoms with Crippen LogP contribution in [0.4, 0.5) is 16.3 Å². The van der Waals surface area contributed by atoms with E-state index in [1.165, 1.54) is 6.33 Å². The average Bonchev–Trinajstić information content (AvgIpc) is 3.78. The zero-order valence-electron chi connectivity index (χ0n) is 25.8. The van der Waals surface area contributed by atoms with Crippen molar-refractivity contribution in [3.8, 4) is 5.75 Å². The monoisotopic (exact) mass is 651 g/mol. The van der Waals surface area contributed by atoms with Crippen molar-refractivity contribution in [3.05, 3.63) is 84.4 Å². The summed E-state index contributed by atoms with van der Waals surface area (Å²) in [7, 11) is 0. The number of hydrogen-bond acceptors (Lipinski definition) is 10. The van der Waals surface area contributed by atoms with Crippen LogP contribution in [0.15, 0.2) is 73.3 Å². The maximum Gasteiger partial charge on any atom is 0.408 e. The van der Waals surface area contributed by atoms with Crippen LogP contribution < -0.4 is 20.3 Å². The van der Waals surface area contributed by atoms with Crippen LogP contribution in [0, 0.1) is 0 Å². The van der Waals surface area contributed by atoms with Gasteiger partial charge in [-0.3, -0.25) is 14.4 Å². The zero-order valence-corrected chi connectivity index (χ0v) is 25.8. The standard InChI is InChI=1S/C34H33N7O7/c42-16-24-25(39-33(45)26(13-14-28(43)44)40-34(46)48-17-21-6-2-1-3-7-21)12-11-22-8-4-10-27(29(22)24)47-18-23-9-5-15-41(23)32-30-31(36-19-35-30)37-20-38-32/h1-4,6-8,10-12,16,19-20,23,26H,5,9,13-15,17-18H2,(H,39,45)(H,40,46)(H,43,44)(H,35,36,37,38)/t23-,26+/m1/s1. The van der Waals surface area contributed by atoms with Gasteiger partial charge in [-0.05, 0) is 42.3 Å². The van der Waals surface area contributed by atoms with E-state index in [1.807, 2.05) is 18.2 Å². The Balaban J connectivity index is 1.19. The largest absolute Gasteiger partial charge is 0.491 e. The van der Waals surface area contributed by atoms with Gasteiger partial charge in [0, 0.05) is 23.9 Å². The Kier molecular flexibility index (Phi) is 9.69. The molecule has 2 aromatic heterocycles. The molecular weight excluding hydrogens is 618 g/mol. The summed E-state index contributed by atoms with van der Waals surface area (Å²) in [5.74, 6) is -0.665. The molecule has 1 aliphatic rings. The van der Waals surface area contributed by atoms with E-state index in [0.29, 0.717) is 35.2 Å². The summed E-state index contributed by atoms with van der Waals surface area (Å²) < 4.78 is 11.6. The number of nitrogens with zero attached hydrogens (tertiary/aromatic N) is 4. The number of aliphatic carboxylic acids is 1. The number of carboxylic acids is 1. The van der Waals surface area contributed by atoms with Gasteiger partial charge in [-0.1, -0.05) is 48.5 Å². The summed E-state index contributed by atoms with van der Waals surface area (Å²) in [4.78, 5) is 68.1. The van der Waals surface area contributed by atoms with E-state index >= 15 is 0 Å². The summed E-state index contributed by atoms with van der Waals surface area (Å²) in [6.07, 6.45) is 4.05. The molecule has 0 saturated carbocycles. The number of aromatic nitrogens is 4. The molecular formula is C34H33N7O7. The highest BCUT2D eigenvalue weighted by Gasteiger charge is 2.29.